The molecule has 1 heterocycles. The number of nitro groups is 1. The van der Waals surface area contributed by atoms with Gasteiger partial charge in [-0.2, -0.15) is 5.10 Å². The van der Waals surface area contributed by atoms with Crippen LogP contribution in [0.4, 0.5) is 5.69 Å². The summed E-state index contributed by atoms with van der Waals surface area (Å²) in [5.41, 5.74) is 0.0900. The summed E-state index contributed by atoms with van der Waals surface area (Å²) in [6.07, 6.45) is 3.16. The first-order valence-electron chi connectivity index (χ1n) is 7.31. The van der Waals surface area contributed by atoms with Crippen molar-refractivity contribution in [1.82, 2.24) is 15.1 Å². The summed E-state index contributed by atoms with van der Waals surface area (Å²) < 4.78 is 1.29. The van der Waals surface area contributed by atoms with Crippen LogP contribution in [0, 0.1) is 28.9 Å². The Hall–Kier alpha value is -1.92. The zero-order valence-electron chi connectivity index (χ0n) is 12.9. The maximum Gasteiger partial charge on any atom is 0.322 e. The lowest BCUT2D eigenvalue weighted by atomic mass is 9.78. The molecule has 0 aliphatic heterocycles. The molecule has 1 saturated carbocycles. The van der Waals surface area contributed by atoms with E-state index in [1.165, 1.54) is 11.1 Å². The van der Waals surface area contributed by atoms with Gasteiger partial charge in [-0.15, -0.1) is 0 Å². The maximum atomic E-state index is 12.4. The van der Waals surface area contributed by atoms with Crippen molar-refractivity contribution < 1.29 is 9.72 Å². The summed E-state index contributed by atoms with van der Waals surface area (Å²) in [7, 11) is 1.56. The monoisotopic (exact) mass is 294 g/mol. The fraction of sp³-hybridized carbons (Fsp3) is 0.714. The molecule has 21 heavy (non-hydrogen) atoms. The van der Waals surface area contributed by atoms with E-state index in [1.54, 1.807) is 14.0 Å². The van der Waals surface area contributed by atoms with E-state index in [0.717, 1.165) is 12.8 Å². The Bertz CT molecular complexity index is 567. The van der Waals surface area contributed by atoms with Gasteiger partial charge in [-0.25, -0.2) is 0 Å². The molecule has 0 saturated heterocycles. The van der Waals surface area contributed by atoms with Crippen molar-refractivity contribution in [1.29, 1.82) is 0 Å². The van der Waals surface area contributed by atoms with Gasteiger partial charge < -0.3 is 5.32 Å². The zero-order chi connectivity index (χ0) is 15.7. The van der Waals surface area contributed by atoms with Gasteiger partial charge in [-0.3, -0.25) is 19.6 Å². The molecule has 1 N–H and O–H groups in total. The van der Waals surface area contributed by atoms with Crippen LogP contribution in [0.1, 0.15) is 49.3 Å². The standard InChI is InChI=1S/C14H22N4O3/c1-8-6-5-7-11(9(8)2)15-14(19)13-12(18(20)21)10(3)16-17(13)4/h8-9,11H,5-7H2,1-4H3,(H,15,19)/t8-,9-,11-/m0/s1. The van der Waals surface area contributed by atoms with Crippen molar-refractivity contribution in [3.63, 3.8) is 0 Å². The molecule has 1 amide bonds. The average molecular weight is 294 g/mol. The Morgan fingerprint density at radius 3 is 2.71 bits per heavy atom. The van der Waals surface area contributed by atoms with Crippen LogP contribution in [0.15, 0.2) is 0 Å². The Kier molecular flexibility index (Phi) is 4.29. The number of hydrogen-bond acceptors (Lipinski definition) is 4. The van der Waals surface area contributed by atoms with E-state index in [1.807, 2.05) is 0 Å². The highest BCUT2D eigenvalue weighted by Crippen LogP contribution is 2.30. The molecule has 3 atom stereocenters. The Labute approximate surface area is 123 Å². The van der Waals surface area contributed by atoms with Crippen molar-refractivity contribution in [2.24, 2.45) is 18.9 Å². The number of carbonyl (C=O) groups is 1. The minimum absolute atomic E-state index is 0.0305. The Morgan fingerprint density at radius 2 is 2.10 bits per heavy atom. The van der Waals surface area contributed by atoms with E-state index in [2.05, 4.69) is 24.3 Å². The number of carbonyl (C=O) groups excluding carboxylic acids is 1. The van der Waals surface area contributed by atoms with Crippen molar-refractivity contribution >= 4 is 11.6 Å². The summed E-state index contributed by atoms with van der Waals surface area (Å²) in [5.74, 6) is 0.513. The van der Waals surface area contributed by atoms with Crippen molar-refractivity contribution in [2.45, 2.75) is 46.1 Å². The molecule has 1 aromatic heterocycles. The first kappa shape index (κ1) is 15.5. The molecule has 1 fully saturated rings. The minimum atomic E-state index is -0.538. The quantitative estimate of drug-likeness (QED) is 0.683. The second-order valence-corrected chi connectivity index (χ2v) is 6.01. The van der Waals surface area contributed by atoms with E-state index >= 15 is 0 Å². The van der Waals surface area contributed by atoms with Crippen molar-refractivity contribution in [3.8, 4) is 0 Å². The summed E-state index contributed by atoms with van der Waals surface area (Å²) >= 11 is 0. The highest BCUT2D eigenvalue weighted by molar-refractivity contribution is 5.97. The fourth-order valence-electron chi connectivity index (χ4n) is 3.14. The number of aryl methyl sites for hydroxylation is 2. The van der Waals surface area contributed by atoms with Gasteiger partial charge in [-0.05, 0) is 25.2 Å². The second kappa shape index (κ2) is 5.83. The van der Waals surface area contributed by atoms with Crippen LogP contribution in [0.2, 0.25) is 0 Å². The van der Waals surface area contributed by atoms with Gasteiger partial charge in [0.05, 0.1) is 4.92 Å². The summed E-state index contributed by atoms with van der Waals surface area (Å²) in [5, 5.41) is 18.1. The first-order chi connectivity index (χ1) is 9.82. The predicted octanol–water partition coefficient (Wildman–Crippen LogP) is 2.19. The molecule has 0 unspecified atom stereocenters. The van der Waals surface area contributed by atoms with E-state index in [-0.39, 0.29) is 23.1 Å². The van der Waals surface area contributed by atoms with E-state index in [4.69, 9.17) is 0 Å². The molecule has 0 aromatic carbocycles. The van der Waals surface area contributed by atoms with Gasteiger partial charge in [0, 0.05) is 13.1 Å². The van der Waals surface area contributed by atoms with Crippen molar-refractivity contribution in [3.05, 3.63) is 21.5 Å². The molecule has 7 heteroatoms. The lowest BCUT2D eigenvalue weighted by Gasteiger charge is -2.34. The molecule has 2 rings (SSSR count). The largest absolute Gasteiger partial charge is 0.347 e. The molecular formula is C14H22N4O3. The molecule has 1 aliphatic rings. The van der Waals surface area contributed by atoms with Gasteiger partial charge in [-0.1, -0.05) is 26.7 Å². The van der Waals surface area contributed by atoms with Crippen LogP contribution in [0.5, 0.6) is 0 Å². The molecule has 1 aromatic rings. The third kappa shape index (κ3) is 2.91. The van der Waals surface area contributed by atoms with E-state index in [9.17, 15) is 14.9 Å². The number of aromatic nitrogens is 2. The molecule has 1 aliphatic carbocycles. The Morgan fingerprint density at radius 1 is 1.43 bits per heavy atom. The van der Waals surface area contributed by atoms with Crippen LogP contribution in [0.3, 0.4) is 0 Å². The summed E-state index contributed by atoms with van der Waals surface area (Å²) in [6.45, 7) is 5.84. The van der Waals surface area contributed by atoms with Crippen LogP contribution in [-0.4, -0.2) is 26.7 Å². The number of rotatable bonds is 3. The normalized spacial score (nSPS) is 25.6. The average Bonchev–Trinajstić information content (AvgIpc) is 2.70. The van der Waals surface area contributed by atoms with Crippen LogP contribution >= 0.6 is 0 Å². The molecule has 0 spiro atoms. The Balaban J connectivity index is 2.23. The van der Waals surface area contributed by atoms with E-state index in [0.29, 0.717) is 11.8 Å². The SMILES string of the molecule is Cc1nn(C)c(C(=O)N[C@H]2CCC[C@H](C)[C@@H]2C)c1[N+](=O)[O-]. The summed E-state index contributed by atoms with van der Waals surface area (Å²) in [6, 6.07) is 0.0658. The lowest BCUT2D eigenvalue weighted by Crippen LogP contribution is -2.44. The molecule has 0 bridgehead atoms. The van der Waals surface area contributed by atoms with Gasteiger partial charge in [0.15, 0.2) is 0 Å². The highest BCUT2D eigenvalue weighted by Gasteiger charge is 2.33. The van der Waals surface area contributed by atoms with Crippen LogP contribution in [-0.2, 0) is 7.05 Å². The highest BCUT2D eigenvalue weighted by atomic mass is 16.6. The zero-order valence-corrected chi connectivity index (χ0v) is 12.9. The van der Waals surface area contributed by atoms with Gasteiger partial charge >= 0.3 is 5.69 Å². The molecular weight excluding hydrogens is 272 g/mol. The van der Waals surface area contributed by atoms with Crippen LogP contribution < -0.4 is 5.32 Å². The molecule has 7 nitrogen and oxygen atoms in total. The van der Waals surface area contributed by atoms with Crippen molar-refractivity contribution in [2.75, 3.05) is 0 Å². The second-order valence-electron chi connectivity index (χ2n) is 6.01. The summed E-state index contributed by atoms with van der Waals surface area (Å²) in [4.78, 5) is 23.1. The van der Waals surface area contributed by atoms with Gasteiger partial charge in [0.25, 0.3) is 5.91 Å². The smallest absolute Gasteiger partial charge is 0.322 e. The number of hydrogen-bond donors (Lipinski definition) is 1. The fourth-order valence-corrected chi connectivity index (χ4v) is 3.14. The predicted molar refractivity (Wildman–Crippen MR) is 78.0 cm³/mol. The van der Waals surface area contributed by atoms with Gasteiger partial charge in [0.1, 0.15) is 5.69 Å². The maximum absolute atomic E-state index is 12.4. The molecule has 116 valence electrons. The number of amides is 1. The third-order valence-electron chi connectivity index (χ3n) is 4.61. The third-order valence-corrected chi connectivity index (χ3v) is 4.61. The number of nitrogens with one attached hydrogen (secondary N) is 1. The van der Waals surface area contributed by atoms with Crippen LogP contribution in [0.25, 0.3) is 0 Å². The minimum Gasteiger partial charge on any atom is -0.347 e. The van der Waals surface area contributed by atoms with E-state index < -0.39 is 10.8 Å². The topological polar surface area (TPSA) is 90.1 Å². The molecule has 0 radical (unpaired) electrons. The van der Waals surface area contributed by atoms with Gasteiger partial charge in [0.2, 0.25) is 5.69 Å². The lowest BCUT2D eigenvalue weighted by molar-refractivity contribution is -0.385. The number of nitrogens with zero attached hydrogens (tertiary/aromatic N) is 3. The first-order valence-corrected chi connectivity index (χ1v) is 7.31.